The van der Waals surface area contributed by atoms with E-state index in [-0.39, 0.29) is 11.3 Å². The van der Waals surface area contributed by atoms with Gasteiger partial charge in [-0.1, -0.05) is 54.6 Å². The normalized spacial score (nSPS) is 14.1. The fourth-order valence-electron chi connectivity index (χ4n) is 3.92. The summed E-state index contributed by atoms with van der Waals surface area (Å²) in [5.74, 6) is -0.313. The Morgan fingerprint density at radius 3 is 2.37 bits per heavy atom. The molecule has 4 rings (SSSR count). The first kappa shape index (κ1) is 24.4. The average Bonchev–Trinajstić information content (AvgIpc) is 3.36. The predicted octanol–water partition coefficient (Wildman–Crippen LogP) is 3.34. The summed E-state index contributed by atoms with van der Waals surface area (Å²) >= 11 is 0. The molecule has 0 aliphatic carbocycles. The highest BCUT2D eigenvalue weighted by molar-refractivity contribution is 7.89. The summed E-state index contributed by atoms with van der Waals surface area (Å²) in [5.41, 5.74) is 3.54. The van der Waals surface area contributed by atoms with Gasteiger partial charge in [0.05, 0.1) is 23.9 Å². The molecule has 1 unspecified atom stereocenters. The molecule has 1 heterocycles. The number of carbonyl (C=O) groups is 1. The maximum Gasteiger partial charge on any atom is 0.305 e. The Hall–Kier alpha value is -3.69. The fourth-order valence-corrected chi connectivity index (χ4v) is 5.22. The molecule has 0 radical (unpaired) electrons. The van der Waals surface area contributed by atoms with Gasteiger partial charge in [0.25, 0.3) is 0 Å². The van der Waals surface area contributed by atoms with Gasteiger partial charge in [-0.05, 0) is 53.8 Å². The van der Waals surface area contributed by atoms with Crippen molar-refractivity contribution in [2.75, 3.05) is 18.4 Å². The van der Waals surface area contributed by atoms with Crippen LogP contribution < -0.4 is 15.4 Å². The molecular weight excluding hydrogens is 464 g/mol. The summed E-state index contributed by atoms with van der Waals surface area (Å²) in [4.78, 5) is 15.8. The Morgan fingerprint density at radius 1 is 0.971 bits per heavy atom. The highest BCUT2D eigenvalue weighted by atomic mass is 32.2. The van der Waals surface area contributed by atoms with Gasteiger partial charge in [0.2, 0.25) is 10.0 Å². The van der Waals surface area contributed by atoms with Crippen LogP contribution >= 0.6 is 0 Å². The van der Waals surface area contributed by atoms with Gasteiger partial charge in [-0.3, -0.25) is 9.79 Å². The van der Waals surface area contributed by atoms with Crippen molar-refractivity contribution in [3.63, 3.8) is 0 Å². The Bertz CT molecular complexity index is 1310. The van der Waals surface area contributed by atoms with Crippen molar-refractivity contribution >= 4 is 27.6 Å². The summed E-state index contributed by atoms with van der Waals surface area (Å²) in [6, 6.07) is 22.7. The number of nitrogens with zero attached hydrogens (tertiary/aromatic N) is 1. The van der Waals surface area contributed by atoms with E-state index in [0.29, 0.717) is 12.0 Å². The lowest BCUT2D eigenvalue weighted by molar-refractivity contribution is -0.137. The van der Waals surface area contributed by atoms with Crippen molar-refractivity contribution in [3.8, 4) is 0 Å². The monoisotopic (exact) mass is 492 g/mol. The van der Waals surface area contributed by atoms with E-state index < -0.39 is 22.0 Å². The lowest BCUT2D eigenvalue weighted by Gasteiger charge is -2.18. The van der Waals surface area contributed by atoms with Crippen LogP contribution in [0.4, 0.5) is 5.69 Å². The maximum atomic E-state index is 13.1. The zero-order valence-electron chi connectivity index (χ0n) is 19.1. The molecule has 1 aliphatic rings. The van der Waals surface area contributed by atoms with E-state index in [4.69, 9.17) is 0 Å². The third-order valence-corrected chi connectivity index (χ3v) is 7.12. The van der Waals surface area contributed by atoms with Gasteiger partial charge in [-0.15, -0.1) is 0 Å². The van der Waals surface area contributed by atoms with Gasteiger partial charge in [-0.25, -0.2) is 13.1 Å². The van der Waals surface area contributed by atoms with Crippen LogP contribution in [-0.2, 0) is 27.7 Å². The summed E-state index contributed by atoms with van der Waals surface area (Å²) < 4.78 is 28.8. The number of guanidine groups is 1. The second-order valence-corrected chi connectivity index (χ2v) is 10.0. The number of carboxylic acids is 1. The molecule has 182 valence electrons. The minimum atomic E-state index is -3.92. The van der Waals surface area contributed by atoms with Crippen LogP contribution in [0.5, 0.6) is 0 Å². The number of hydrogen-bond donors (Lipinski definition) is 4. The van der Waals surface area contributed by atoms with Gasteiger partial charge in [0, 0.05) is 12.2 Å². The molecule has 1 aliphatic heterocycles. The predicted molar refractivity (Wildman–Crippen MR) is 136 cm³/mol. The van der Waals surface area contributed by atoms with Crippen LogP contribution in [0.15, 0.2) is 88.8 Å². The van der Waals surface area contributed by atoms with Gasteiger partial charge in [-0.2, -0.15) is 0 Å². The first-order valence-electron chi connectivity index (χ1n) is 11.4. The maximum absolute atomic E-state index is 13.1. The Balaban J connectivity index is 1.44. The van der Waals surface area contributed by atoms with Crippen LogP contribution in [0.3, 0.4) is 0 Å². The van der Waals surface area contributed by atoms with Crippen molar-refractivity contribution in [2.24, 2.45) is 4.99 Å². The van der Waals surface area contributed by atoms with Crippen molar-refractivity contribution in [1.82, 2.24) is 10.0 Å². The summed E-state index contributed by atoms with van der Waals surface area (Å²) in [7, 11) is -3.92. The van der Waals surface area contributed by atoms with E-state index in [0.717, 1.165) is 42.3 Å². The number of benzene rings is 3. The summed E-state index contributed by atoms with van der Waals surface area (Å²) in [5, 5.41) is 15.7. The largest absolute Gasteiger partial charge is 0.481 e. The zero-order valence-corrected chi connectivity index (χ0v) is 20.0. The van der Waals surface area contributed by atoms with E-state index >= 15 is 0 Å². The molecule has 3 aromatic rings. The van der Waals surface area contributed by atoms with Crippen molar-refractivity contribution < 1.29 is 18.3 Å². The molecular formula is C26H28N4O4S. The van der Waals surface area contributed by atoms with Crippen molar-refractivity contribution in [1.29, 1.82) is 0 Å². The number of nitrogens with one attached hydrogen (secondary N) is 3. The zero-order chi connectivity index (χ0) is 24.7. The van der Waals surface area contributed by atoms with Crippen LogP contribution in [-0.4, -0.2) is 38.5 Å². The molecule has 0 amide bonds. The fraction of sp³-hybridized carbons (Fsp3) is 0.231. The second-order valence-electron chi connectivity index (χ2n) is 8.31. The molecule has 0 aromatic heterocycles. The number of aliphatic carboxylic acids is 1. The number of aliphatic imine (C=N–C) groups is 1. The SMILES string of the molecule is O=C(O)CC(NS(=O)(=O)c1cccc(CCc2cccc(NC3=NCCN3)c2)c1)c1ccccc1. The molecule has 0 saturated carbocycles. The first-order chi connectivity index (χ1) is 16.9. The topological polar surface area (TPSA) is 120 Å². The van der Waals surface area contributed by atoms with Gasteiger partial charge in [0.1, 0.15) is 0 Å². The third-order valence-electron chi connectivity index (χ3n) is 5.65. The van der Waals surface area contributed by atoms with Crippen molar-refractivity contribution in [2.45, 2.75) is 30.2 Å². The molecule has 35 heavy (non-hydrogen) atoms. The molecule has 0 bridgehead atoms. The minimum absolute atomic E-state index is 0.113. The van der Waals surface area contributed by atoms with E-state index in [2.05, 4.69) is 26.4 Å². The lowest BCUT2D eigenvalue weighted by atomic mass is 10.0. The molecule has 9 heteroatoms. The third kappa shape index (κ3) is 6.91. The molecule has 0 fully saturated rings. The second kappa shape index (κ2) is 11.2. The highest BCUT2D eigenvalue weighted by Crippen LogP contribution is 2.22. The number of hydrogen-bond acceptors (Lipinski definition) is 6. The molecule has 0 spiro atoms. The smallest absolute Gasteiger partial charge is 0.305 e. The van der Waals surface area contributed by atoms with E-state index in [9.17, 15) is 18.3 Å². The lowest BCUT2D eigenvalue weighted by Crippen LogP contribution is -2.30. The Labute approximate surface area is 205 Å². The van der Waals surface area contributed by atoms with E-state index in [1.54, 1.807) is 42.5 Å². The van der Waals surface area contributed by atoms with E-state index in [1.807, 2.05) is 24.3 Å². The van der Waals surface area contributed by atoms with Gasteiger partial charge in [0.15, 0.2) is 5.96 Å². The van der Waals surface area contributed by atoms with Crippen molar-refractivity contribution in [3.05, 3.63) is 95.6 Å². The summed E-state index contributed by atoms with van der Waals surface area (Å²) in [6.45, 7) is 1.59. The number of rotatable bonds is 10. The molecule has 3 aromatic carbocycles. The van der Waals surface area contributed by atoms with Crippen LogP contribution in [0.1, 0.15) is 29.2 Å². The van der Waals surface area contributed by atoms with Crippen LogP contribution in [0.2, 0.25) is 0 Å². The van der Waals surface area contributed by atoms with Crippen LogP contribution in [0, 0.1) is 0 Å². The first-order valence-corrected chi connectivity index (χ1v) is 12.9. The number of sulfonamides is 1. The summed E-state index contributed by atoms with van der Waals surface area (Å²) in [6.07, 6.45) is 1.04. The average molecular weight is 493 g/mol. The standard InChI is InChI=1S/C26H28N4O4S/c31-25(32)18-24(21-8-2-1-3-9-21)30-35(33,34)23-11-5-7-20(17-23)13-12-19-6-4-10-22(16-19)29-26-27-14-15-28-26/h1-11,16-17,24,30H,12-15,18H2,(H,31,32)(H2,27,28,29). The molecule has 8 nitrogen and oxygen atoms in total. The number of carboxylic acid groups (broad SMARTS) is 1. The van der Waals surface area contributed by atoms with E-state index in [1.165, 1.54) is 6.07 Å². The highest BCUT2D eigenvalue weighted by Gasteiger charge is 2.23. The Morgan fingerprint density at radius 2 is 1.69 bits per heavy atom. The minimum Gasteiger partial charge on any atom is -0.481 e. The number of aryl methyl sites for hydroxylation is 2. The van der Waals surface area contributed by atoms with Gasteiger partial charge < -0.3 is 15.7 Å². The number of anilines is 1. The van der Waals surface area contributed by atoms with Crippen LogP contribution in [0.25, 0.3) is 0 Å². The molecule has 0 saturated heterocycles. The Kier molecular flexibility index (Phi) is 7.79. The molecule has 1 atom stereocenters. The molecule has 4 N–H and O–H groups in total. The van der Waals surface area contributed by atoms with Gasteiger partial charge >= 0.3 is 5.97 Å². The quantitative estimate of drug-likeness (QED) is 0.345.